The molecule has 1 fully saturated rings. The molecule has 31 heavy (non-hydrogen) atoms. The Bertz CT molecular complexity index is 894. The second-order valence-corrected chi connectivity index (χ2v) is 9.70. The lowest BCUT2D eigenvalue weighted by Crippen LogP contribution is -2.51. The molecule has 6 nitrogen and oxygen atoms in total. The van der Waals surface area contributed by atoms with Gasteiger partial charge in [-0.05, 0) is 68.2 Å². The van der Waals surface area contributed by atoms with Gasteiger partial charge in [-0.2, -0.15) is 0 Å². The third-order valence-corrected chi connectivity index (χ3v) is 6.76. The van der Waals surface area contributed by atoms with Crippen molar-refractivity contribution in [1.29, 1.82) is 0 Å². The fourth-order valence-corrected chi connectivity index (χ4v) is 4.92. The summed E-state index contributed by atoms with van der Waals surface area (Å²) in [6.45, 7) is 5.69. The van der Waals surface area contributed by atoms with Crippen molar-refractivity contribution in [2.24, 2.45) is 5.92 Å². The van der Waals surface area contributed by atoms with Crippen molar-refractivity contribution in [3.63, 3.8) is 0 Å². The Hall–Kier alpha value is -2.54. The van der Waals surface area contributed by atoms with Gasteiger partial charge in [0.15, 0.2) is 0 Å². The van der Waals surface area contributed by atoms with Crippen molar-refractivity contribution in [2.45, 2.75) is 45.2 Å². The van der Waals surface area contributed by atoms with E-state index in [0.29, 0.717) is 25.6 Å². The fourth-order valence-electron chi connectivity index (χ4n) is 3.99. The van der Waals surface area contributed by atoms with Gasteiger partial charge < -0.3 is 19.9 Å². The minimum atomic E-state index is -0.152. The van der Waals surface area contributed by atoms with Crippen LogP contribution >= 0.6 is 11.3 Å². The molecule has 1 aliphatic carbocycles. The number of rotatable bonds is 8. The van der Waals surface area contributed by atoms with Crippen LogP contribution in [0.4, 0.5) is 4.79 Å². The van der Waals surface area contributed by atoms with E-state index >= 15 is 0 Å². The standard InChI is InChI=1S/C24H31N3O3S/c1-17(2)25-24(29)26(14-18-8-9-18)15-23(28)27-12-10-22-20(11-13-31-22)21(27)16-30-19-6-4-3-5-7-19/h3-7,11,13,17-18,21H,8-10,12,14-16H2,1-2H3,(H,25,29)/t21-/m0/s1. The first-order valence-corrected chi connectivity index (χ1v) is 12.0. The molecule has 0 spiro atoms. The van der Waals surface area contributed by atoms with Crippen LogP contribution in [-0.4, -0.2) is 54.0 Å². The largest absolute Gasteiger partial charge is 0.491 e. The zero-order chi connectivity index (χ0) is 21.8. The van der Waals surface area contributed by atoms with Gasteiger partial charge in [-0.15, -0.1) is 11.3 Å². The van der Waals surface area contributed by atoms with Gasteiger partial charge in [-0.3, -0.25) is 4.79 Å². The molecule has 2 aliphatic rings. The maximum atomic E-state index is 13.4. The smallest absolute Gasteiger partial charge is 0.318 e. The van der Waals surface area contributed by atoms with Gasteiger partial charge in [0.1, 0.15) is 18.9 Å². The molecular weight excluding hydrogens is 410 g/mol. The summed E-state index contributed by atoms with van der Waals surface area (Å²) in [5.74, 6) is 1.30. The fraction of sp³-hybridized carbons (Fsp3) is 0.500. The van der Waals surface area contributed by atoms with Crippen molar-refractivity contribution >= 4 is 23.3 Å². The lowest BCUT2D eigenvalue weighted by Gasteiger charge is -2.37. The van der Waals surface area contributed by atoms with E-state index in [1.54, 1.807) is 16.2 Å². The number of thiophene rings is 1. The first-order chi connectivity index (χ1) is 15.0. The van der Waals surface area contributed by atoms with Crippen LogP contribution in [0.2, 0.25) is 0 Å². The number of hydrogen-bond donors (Lipinski definition) is 1. The maximum absolute atomic E-state index is 13.4. The predicted octanol–water partition coefficient (Wildman–Crippen LogP) is 4.08. The van der Waals surface area contributed by atoms with Crippen LogP contribution < -0.4 is 10.1 Å². The topological polar surface area (TPSA) is 61.9 Å². The van der Waals surface area contributed by atoms with Crippen LogP contribution in [-0.2, 0) is 11.2 Å². The molecule has 1 aliphatic heterocycles. The highest BCUT2D eigenvalue weighted by atomic mass is 32.1. The minimum Gasteiger partial charge on any atom is -0.491 e. The summed E-state index contributed by atoms with van der Waals surface area (Å²) in [7, 11) is 0. The van der Waals surface area contributed by atoms with Crippen LogP contribution in [0.5, 0.6) is 5.75 Å². The zero-order valence-electron chi connectivity index (χ0n) is 18.3. The number of urea groups is 1. The monoisotopic (exact) mass is 441 g/mol. The summed E-state index contributed by atoms with van der Waals surface area (Å²) >= 11 is 1.74. The number of fused-ring (bicyclic) bond motifs is 1. The molecule has 0 unspecified atom stereocenters. The number of hydrogen-bond acceptors (Lipinski definition) is 4. The molecular formula is C24H31N3O3S. The normalized spacial score (nSPS) is 17.9. The average molecular weight is 442 g/mol. The number of para-hydroxylation sites is 1. The Balaban J connectivity index is 1.48. The predicted molar refractivity (Wildman–Crippen MR) is 122 cm³/mol. The van der Waals surface area contributed by atoms with Gasteiger partial charge in [0.2, 0.25) is 5.91 Å². The molecule has 0 saturated heterocycles. The van der Waals surface area contributed by atoms with Crippen molar-refractivity contribution in [3.05, 3.63) is 52.2 Å². The van der Waals surface area contributed by atoms with E-state index in [-0.39, 0.29) is 30.6 Å². The number of carbonyl (C=O) groups is 2. The van der Waals surface area contributed by atoms with Crippen molar-refractivity contribution in [1.82, 2.24) is 15.1 Å². The highest BCUT2D eigenvalue weighted by molar-refractivity contribution is 7.10. The first kappa shape index (κ1) is 21.7. The summed E-state index contributed by atoms with van der Waals surface area (Å²) < 4.78 is 6.05. The lowest BCUT2D eigenvalue weighted by molar-refractivity contribution is -0.135. The SMILES string of the molecule is CC(C)NC(=O)N(CC(=O)N1CCc2sccc2[C@@H]1COc1ccccc1)CC1CC1. The van der Waals surface area contributed by atoms with Gasteiger partial charge >= 0.3 is 6.03 Å². The van der Waals surface area contributed by atoms with Gasteiger partial charge in [-0.25, -0.2) is 4.79 Å². The zero-order valence-corrected chi connectivity index (χ0v) is 19.1. The van der Waals surface area contributed by atoms with Crippen LogP contribution in [0.1, 0.15) is 43.2 Å². The number of benzene rings is 1. The van der Waals surface area contributed by atoms with E-state index in [2.05, 4.69) is 16.8 Å². The molecule has 1 aromatic heterocycles. The molecule has 4 rings (SSSR count). The van der Waals surface area contributed by atoms with E-state index in [9.17, 15) is 9.59 Å². The van der Waals surface area contributed by atoms with Crippen molar-refractivity contribution in [2.75, 3.05) is 26.2 Å². The third-order valence-electron chi connectivity index (χ3n) is 5.77. The Morgan fingerprint density at radius 2 is 2.00 bits per heavy atom. The lowest BCUT2D eigenvalue weighted by atomic mass is 10.0. The quantitative estimate of drug-likeness (QED) is 0.671. The molecule has 2 aromatic rings. The van der Waals surface area contributed by atoms with Gasteiger partial charge in [0, 0.05) is 24.0 Å². The average Bonchev–Trinajstić information content (AvgIpc) is 3.44. The maximum Gasteiger partial charge on any atom is 0.318 e. The summed E-state index contributed by atoms with van der Waals surface area (Å²) in [5, 5.41) is 5.03. The number of ether oxygens (including phenoxy) is 1. The molecule has 1 aromatic carbocycles. The number of amides is 3. The Labute approximate surface area is 188 Å². The van der Waals surface area contributed by atoms with E-state index in [4.69, 9.17) is 4.74 Å². The van der Waals surface area contributed by atoms with Crippen molar-refractivity contribution in [3.8, 4) is 5.75 Å². The van der Waals surface area contributed by atoms with Crippen LogP contribution in [0.25, 0.3) is 0 Å². The molecule has 3 amide bonds. The van der Waals surface area contributed by atoms with Gasteiger partial charge in [-0.1, -0.05) is 18.2 Å². The summed E-state index contributed by atoms with van der Waals surface area (Å²) in [5.41, 5.74) is 1.17. The molecule has 1 atom stereocenters. The molecule has 166 valence electrons. The Kier molecular flexibility index (Phi) is 6.80. The van der Waals surface area contributed by atoms with Crippen LogP contribution in [0.3, 0.4) is 0 Å². The third kappa shape index (κ3) is 5.58. The van der Waals surface area contributed by atoms with Crippen LogP contribution in [0.15, 0.2) is 41.8 Å². The molecule has 0 bridgehead atoms. The molecule has 1 N–H and O–H groups in total. The molecule has 1 saturated carbocycles. The molecule has 2 heterocycles. The number of nitrogens with zero attached hydrogens (tertiary/aromatic N) is 2. The summed E-state index contributed by atoms with van der Waals surface area (Å²) in [6, 6.07) is 11.5. The van der Waals surface area contributed by atoms with E-state index in [1.165, 1.54) is 10.4 Å². The minimum absolute atomic E-state index is 0.0157. The van der Waals surface area contributed by atoms with E-state index in [0.717, 1.165) is 25.0 Å². The summed E-state index contributed by atoms with van der Waals surface area (Å²) in [6.07, 6.45) is 3.12. The molecule has 7 heteroatoms. The Morgan fingerprint density at radius 1 is 1.23 bits per heavy atom. The Morgan fingerprint density at radius 3 is 2.71 bits per heavy atom. The first-order valence-electron chi connectivity index (χ1n) is 11.1. The highest BCUT2D eigenvalue weighted by Gasteiger charge is 2.35. The molecule has 0 radical (unpaired) electrons. The van der Waals surface area contributed by atoms with Gasteiger partial charge in [0.05, 0.1) is 6.04 Å². The number of carbonyl (C=O) groups excluding carboxylic acids is 2. The van der Waals surface area contributed by atoms with Crippen LogP contribution in [0, 0.1) is 5.92 Å². The highest BCUT2D eigenvalue weighted by Crippen LogP contribution is 2.34. The second kappa shape index (κ2) is 9.73. The van der Waals surface area contributed by atoms with E-state index in [1.807, 2.05) is 49.1 Å². The summed E-state index contributed by atoms with van der Waals surface area (Å²) in [4.78, 5) is 31.0. The van der Waals surface area contributed by atoms with Crippen molar-refractivity contribution < 1.29 is 14.3 Å². The van der Waals surface area contributed by atoms with E-state index < -0.39 is 0 Å². The van der Waals surface area contributed by atoms with Gasteiger partial charge in [0.25, 0.3) is 0 Å². The number of nitrogens with one attached hydrogen (secondary N) is 1. The second-order valence-electron chi connectivity index (χ2n) is 8.70.